The molecule has 18 heavy (non-hydrogen) atoms. The van der Waals surface area contributed by atoms with Gasteiger partial charge in [-0.3, -0.25) is 9.59 Å². The third-order valence-corrected chi connectivity index (χ3v) is 3.60. The number of aromatic nitrogens is 1. The lowest BCUT2D eigenvalue weighted by Crippen LogP contribution is -2.56. The lowest BCUT2D eigenvalue weighted by molar-refractivity contribution is -0.127. The van der Waals surface area contributed by atoms with Crippen molar-refractivity contribution in [2.24, 2.45) is 0 Å². The van der Waals surface area contributed by atoms with Crippen LogP contribution in [0.25, 0.3) is 0 Å². The van der Waals surface area contributed by atoms with Crippen LogP contribution in [0.1, 0.15) is 23.7 Å². The number of hydrogen-bond acceptors (Lipinski definition) is 3. The van der Waals surface area contributed by atoms with E-state index in [9.17, 15) is 9.59 Å². The number of piperazine rings is 1. The molecule has 0 bridgehead atoms. The second kappa shape index (κ2) is 5.48. The maximum absolute atomic E-state index is 12.4. The molecule has 1 aliphatic rings. The van der Waals surface area contributed by atoms with Gasteiger partial charge in [-0.15, -0.1) is 0 Å². The summed E-state index contributed by atoms with van der Waals surface area (Å²) in [7, 11) is 0. The van der Waals surface area contributed by atoms with Crippen LogP contribution < -0.4 is 5.32 Å². The third kappa shape index (κ3) is 2.38. The highest BCUT2D eigenvalue weighted by Gasteiger charge is 2.32. The van der Waals surface area contributed by atoms with Crippen molar-refractivity contribution >= 4 is 27.7 Å². The van der Waals surface area contributed by atoms with Crippen LogP contribution in [0, 0.1) is 0 Å². The van der Waals surface area contributed by atoms with Crippen molar-refractivity contribution in [1.82, 2.24) is 15.2 Å². The molecule has 1 saturated heterocycles. The standard InChI is InChI=1S/C12H14BrN3O2/c1-2-9-11(17)15-6-7-16(9)12(18)8-4-3-5-14-10(8)13/h3-5,9H,2,6-7H2,1H3,(H,15,17). The number of nitrogens with zero attached hydrogens (tertiary/aromatic N) is 2. The maximum atomic E-state index is 12.4. The minimum atomic E-state index is -0.390. The van der Waals surface area contributed by atoms with E-state index in [4.69, 9.17) is 0 Å². The molecule has 0 radical (unpaired) electrons. The summed E-state index contributed by atoms with van der Waals surface area (Å²) in [6.07, 6.45) is 2.22. The SMILES string of the molecule is CCC1C(=O)NCCN1C(=O)c1cccnc1Br. The number of pyridine rings is 1. The van der Waals surface area contributed by atoms with Crippen LogP contribution in [-0.4, -0.2) is 40.8 Å². The van der Waals surface area contributed by atoms with Gasteiger partial charge in [-0.05, 0) is 34.5 Å². The molecule has 1 atom stereocenters. The van der Waals surface area contributed by atoms with Gasteiger partial charge in [-0.2, -0.15) is 0 Å². The van der Waals surface area contributed by atoms with Crippen LogP contribution >= 0.6 is 15.9 Å². The fourth-order valence-electron chi connectivity index (χ4n) is 2.06. The minimum Gasteiger partial charge on any atom is -0.353 e. The molecule has 6 heteroatoms. The Morgan fingerprint density at radius 1 is 1.67 bits per heavy atom. The van der Waals surface area contributed by atoms with Gasteiger partial charge in [0.15, 0.2) is 0 Å². The zero-order valence-electron chi connectivity index (χ0n) is 10.0. The van der Waals surface area contributed by atoms with E-state index in [0.717, 1.165) is 0 Å². The number of hydrogen-bond donors (Lipinski definition) is 1. The normalized spacial score (nSPS) is 19.6. The Hall–Kier alpha value is -1.43. The number of nitrogens with one attached hydrogen (secondary N) is 1. The molecular formula is C12H14BrN3O2. The lowest BCUT2D eigenvalue weighted by Gasteiger charge is -2.34. The van der Waals surface area contributed by atoms with E-state index in [-0.39, 0.29) is 11.8 Å². The molecule has 0 saturated carbocycles. The molecule has 5 nitrogen and oxygen atoms in total. The van der Waals surface area contributed by atoms with Crippen LogP contribution in [0.3, 0.4) is 0 Å². The predicted molar refractivity (Wildman–Crippen MR) is 70.1 cm³/mol. The van der Waals surface area contributed by atoms with Crippen LogP contribution in [0.5, 0.6) is 0 Å². The average Bonchev–Trinajstić information content (AvgIpc) is 2.38. The summed E-state index contributed by atoms with van der Waals surface area (Å²) in [5, 5.41) is 2.77. The molecular weight excluding hydrogens is 298 g/mol. The highest BCUT2D eigenvalue weighted by Crippen LogP contribution is 2.18. The molecule has 2 heterocycles. The molecule has 2 rings (SSSR count). The quantitative estimate of drug-likeness (QED) is 0.835. The molecule has 1 fully saturated rings. The molecule has 1 aliphatic heterocycles. The smallest absolute Gasteiger partial charge is 0.257 e. The Morgan fingerprint density at radius 2 is 2.44 bits per heavy atom. The number of carbonyl (C=O) groups excluding carboxylic acids is 2. The van der Waals surface area contributed by atoms with Gasteiger partial charge in [0.05, 0.1) is 5.56 Å². The summed E-state index contributed by atoms with van der Waals surface area (Å²) in [6, 6.07) is 3.03. The van der Waals surface area contributed by atoms with E-state index in [1.54, 1.807) is 23.2 Å². The minimum absolute atomic E-state index is 0.0860. The summed E-state index contributed by atoms with van der Waals surface area (Å²) in [5.74, 6) is -0.242. The van der Waals surface area contributed by atoms with Crippen molar-refractivity contribution < 1.29 is 9.59 Å². The van der Waals surface area contributed by atoms with Crippen LogP contribution in [0.15, 0.2) is 22.9 Å². The van der Waals surface area contributed by atoms with E-state index in [0.29, 0.717) is 29.7 Å². The van der Waals surface area contributed by atoms with Gasteiger partial charge in [0, 0.05) is 19.3 Å². The summed E-state index contributed by atoms with van der Waals surface area (Å²) < 4.78 is 0.510. The third-order valence-electron chi connectivity index (χ3n) is 2.97. The Bertz CT molecular complexity index is 478. The van der Waals surface area contributed by atoms with Crippen molar-refractivity contribution in [3.63, 3.8) is 0 Å². The Kier molecular flexibility index (Phi) is 3.96. The second-order valence-electron chi connectivity index (χ2n) is 4.06. The monoisotopic (exact) mass is 311 g/mol. The Balaban J connectivity index is 2.27. The fourth-order valence-corrected chi connectivity index (χ4v) is 2.48. The van der Waals surface area contributed by atoms with Crippen LogP contribution in [0.4, 0.5) is 0 Å². The van der Waals surface area contributed by atoms with E-state index in [1.807, 2.05) is 6.92 Å². The zero-order valence-corrected chi connectivity index (χ0v) is 11.6. The average molecular weight is 312 g/mol. The van der Waals surface area contributed by atoms with Crippen molar-refractivity contribution in [2.75, 3.05) is 13.1 Å². The summed E-state index contributed by atoms with van der Waals surface area (Å²) in [5.41, 5.74) is 0.491. The van der Waals surface area contributed by atoms with Crippen molar-refractivity contribution in [3.8, 4) is 0 Å². The predicted octanol–water partition coefficient (Wildman–Crippen LogP) is 1.19. The van der Waals surface area contributed by atoms with Gasteiger partial charge < -0.3 is 10.2 Å². The van der Waals surface area contributed by atoms with Crippen molar-refractivity contribution in [1.29, 1.82) is 0 Å². The summed E-state index contributed by atoms with van der Waals surface area (Å²) in [4.78, 5) is 29.8. The van der Waals surface area contributed by atoms with Gasteiger partial charge in [0.1, 0.15) is 10.6 Å². The number of amides is 2. The first kappa shape index (κ1) is 13.0. The highest BCUT2D eigenvalue weighted by molar-refractivity contribution is 9.10. The molecule has 1 unspecified atom stereocenters. The van der Waals surface area contributed by atoms with E-state index < -0.39 is 6.04 Å². The van der Waals surface area contributed by atoms with Crippen LogP contribution in [-0.2, 0) is 4.79 Å². The van der Waals surface area contributed by atoms with Gasteiger partial charge >= 0.3 is 0 Å². The number of carbonyl (C=O) groups is 2. The van der Waals surface area contributed by atoms with Crippen molar-refractivity contribution in [2.45, 2.75) is 19.4 Å². The van der Waals surface area contributed by atoms with Crippen molar-refractivity contribution in [3.05, 3.63) is 28.5 Å². The van der Waals surface area contributed by atoms with E-state index in [2.05, 4.69) is 26.2 Å². The summed E-state index contributed by atoms with van der Waals surface area (Å²) in [6.45, 7) is 2.93. The number of rotatable bonds is 2. The highest BCUT2D eigenvalue weighted by atomic mass is 79.9. The topological polar surface area (TPSA) is 62.3 Å². The first-order valence-corrected chi connectivity index (χ1v) is 6.63. The lowest BCUT2D eigenvalue weighted by atomic mass is 10.1. The zero-order chi connectivity index (χ0) is 13.1. The first-order chi connectivity index (χ1) is 8.65. The summed E-state index contributed by atoms with van der Waals surface area (Å²) >= 11 is 3.26. The molecule has 1 N–H and O–H groups in total. The molecule has 1 aromatic rings. The fraction of sp³-hybridized carbons (Fsp3) is 0.417. The first-order valence-electron chi connectivity index (χ1n) is 5.84. The van der Waals surface area contributed by atoms with E-state index >= 15 is 0 Å². The molecule has 2 amide bonds. The molecule has 0 aromatic carbocycles. The molecule has 1 aromatic heterocycles. The molecule has 0 spiro atoms. The second-order valence-corrected chi connectivity index (χ2v) is 4.81. The Labute approximate surface area is 114 Å². The number of halogens is 1. The maximum Gasteiger partial charge on any atom is 0.257 e. The van der Waals surface area contributed by atoms with Gasteiger partial charge in [-0.1, -0.05) is 6.92 Å². The van der Waals surface area contributed by atoms with Gasteiger partial charge in [0.25, 0.3) is 5.91 Å². The van der Waals surface area contributed by atoms with Gasteiger partial charge in [0.2, 0.25) is 5.91 Å². The van der Waals surface area contributed by atoms with Gasteiger partial charge in [-0.25, -0.2) is 4.98 Å². The Morgan fingerprint density at radius 3 is 3.11 bits per heavy atom. The van der Waals surface area contributed by atoms with Crippen LogP contribution in [0.2, 0.25) is 0 Å². The molecule has 96 valence electrons. The largest absolute Gasteiger partial charge is 0.353 e. The van der Waals surface area contributed by atoms with E-state index in [1.165, 1.54) is 0 Å². The molecule has 0 aliphatic carbocycles.